The summed E-state index contributed by atoms with van der Waals surface area (Å²) in [5.74, 6) is 0. The molecule has 4 aromatic carbocycles. The molecule has 1 heterocycles. The van der Waals surface area contributed by atoms with Crippen LogP contribution in [0.4, 0.5) is 4.39 Å². The first kappa shape index (κ1) is 28.1. The molecular formula is C34H35FO5. The Hall–Kier alpha value is -3.39. The Morgan fingerprint density at radius 2 is 0.950 bits per heavy atom. The molecule has 5 rings (SSSR count). The Labute approximate surface area is 234 Å². The number of hydrogen-bond donors (Lipinski definition) is 4. The number of halogens is 1. The zero-order valence-corrected chi connectivity index (χ0v) is 22.2. The first-order valence-electron chi connectivity index (χ1n) is 13.6. The van der Waals surface area contributed by atoms with Crippen LogP contribution in [0, 0.1) is 0 Å². The van der Waals surface area contributed by atoms with Crippen molar-refractivity contribution in [2.45, 2.75) is 61.1 Å². The van der Waals surface area contributed by atoms with Crippen molar-refractivity contribution >= 4 is 0 Å². The van der Waals surface area contributed by atoms with Gasteiger partial charge in [0.25, 0.3) is 0 Å². The van der Waals surface area contributed by atoms with Gasteiger partial charge in [-0.1, -0.05) is 121 Å². The van der Waals surface area contributed by atoms with Crippen LogP contribution in [0.1, 0.15) is 22.3 Å². The summed E-state index contributed by atoms with van der Waals surface area (Å²) < 4.78 is 22.0. The summed E-state index contributed by atoms with van der Waals surface area (Å²) in [5, 5.41) is 49.1. The van der Waals surface area contributed by atoms with E-state index in [0.29, 0.717) is 16.7 Å². The SMILES string of the molecule is OC(Cc1ccccc1)[C@H]1O[C@H](F)[C@@](O)(Cc2ccccc2)[C@](O)(Cc2ccccc2)[C@@]1(O)Cc1ccccc1. The largest absolute Gasteiger partial charge is 0.390 e. The Kier molecular flexibility index (Phi) is 8.17. The van der Waals surface area contributed by atoms with Crippen molar-refractivity contribution in [1.29, 1.82) is 0 Å². The molecule has 4 N–H and O–H groups in total. The van der Waals surface area contributed by atoms with Crippen molar-refractivity contribution in [3.63, 3.8) is 0 Å². The van der Waals surface area contributed by atoms with Gasteiger partial charge < -0.3 is 25.2 Å². The summed E-state index contributed by atoms with van der Waals surface area (Å²) in [4.78, 5) is 0. The Balaban J connectivity index is 1.66. The van der Waals surface area contributed by atoms with E-state index in [-0.39, 0.29) is 25.7 Å². The predicted molar refractivity (Wildman–Crippen MR) is 151 cm³/mol. The molecule has 4 aromatic rings. The highest BCUT2D eigenvalue weighted by Gasteiger charge is 2.72. The number of ether oxygens (including phenoxy) is 1. The van der Waals surface area contributed by atoms with Crippen molar-refractivity contribution in [1.82, 2.24) is 0 Å². The maximum absolute atomic E-state index is 16.3. The number of alkyl halides is 1. The first-order valence-corrected chi connectivity index (χ1v) is 13.6. The van der Waals surface area contributed by atoms with Crippen LogP contribution in [0.2, 0.25) is 0 Å². The van der Waals surface area contributed by atoms with Crippen LogP contribution in [-0.4, -0.2) is 55.8 Å². The zero-order chi connectivity index (χ0) is 28.2. The standard InChI is InChI=1S/C34H35FO5/c35-31-33(38,23-27-17-9-3-10-18-27)34(39,24-28-19-11-4-12-20-28)32(37,22-26-15-7-2-8-16-26)30(40-31)29(36)21-25-13-5-1-6-14-25/h1-20,29-31,36-39H,21-24H2/t29?,30-,31+,32-,33+,34+/m1/s1. The number of benzene rings is 4. The monoisotopic (exact) mass is 542 g/mol. The lowest BCUT2D eigenvalue weighted by Gasteiger charge is -2.60. The lowest BCUT2D eigenvalue weighted by Crippen LogP contribution is -2.82. The third kappa shape index (κ3) is 5.33. The molecule has 0 spiro atoms. The van der Waals surface area contributed by atoms with Crippen molar-refractivity contribution in [2.24, 2.45) is 0 Å². The average Bonchev–Trinajstić information content (AvgIpc) is 2.97. The van der Waals surface area contributed by atoms with E-state index in [9.17, 15) is 20.4 Å². The highest BCUT2D eigenvalue weighted by molar-refractivity contribution is 5.33. The van der Waals surface area contributed by atoms with Crippen molar-refractivity contribution in [2.75, 3.05) is 0 Å². The highest BCUT2D eigenvalue weighted by atomic mass is 19.1. The van der Waals surface area contributed by atoms with Gasteiger partial charge in [0.2, 0.25) is 6.36 Å². The lowest BCUT2D eigenvalue weighted by molar-refractivity contribution is -0.387. The van der Waals surface area contributed by atoms with Crippen LogP contribution in [0.25, 0.3) is 0 Å². The van der Waals surface area contributed by atoms with Gasteiger partial charge in [-0.15, -0.1) is 0 Å². The van der Waals surface area contributed by atoms with Gasteiger partial charge in [0.05, 0.1) is 6.10 Å². The van der Waals surface area contributed by atoms with Crippen LogP contribution in [0.5, 0.6) is 0 Å². The molecule has 0 radical (unpaired) electrons. The summed E-state index contributed by atoms with van der Waals surface area (Å²) in [6, 6.07) is 35.7. The van der Waals surface area contributed by atoms with Gasteiger partial charge >= 0.3 is 0 Å². The number of hydrogen-bond acceptors (Lipinski definition) is 5. The smallest absolute Gasteiger partial charge is 0.231 e. The maximum atomic E-state index is 16.3. The van der Waals surface area contributed by atoms with E-state index in [1.54, 1.807) is 78.9 Å². The molecule has 0 aliphatic carbocycles. The van der Waals surface area contributed by atoms with E-state index in [1.807, 2.05) is 42.5 Å². The summed E-state index contributed by atoms with van der Waals surface area (Å²) in [6.07, 6.45) is -6.11. The van der Waals surface area contributed by atoms with Gasteiger partial charge in [0.1, 0.15) is 17.3 Å². The Bertz CT molecular complexity index is 1360. The Morgan fingerprint density at radius 3 is 1.40 bits per heavy atom. The molecule has 1 aliphatic rings. The van der Waals surface area contributed by atoms with Crippen molar-refractivity contribution in [3.8, 4) is 0 Å². The number of aliphatic hydroxyl groups excluding tert-OH is 1. The fourth-order valence-electron chi connectivity index (χ4n) is 6.01. The van der Waals surface area contributed by atoms with E-state index in [2.05, 4.69) is 0 Å². The minimum absolute atomic E-state index is 0.0495. The molecule has 0 saturated carbocycles. The van der Waals surface area contributed by atoms with Crippen molar-refractivity contribution in [3.05, 3.63) is 144 Å². The zero-order valence-electron chi connectivity index (χ0n) is 22.2. The molecule has 40 heavy (non-hydrogen) atoms. The van der Waals surface area contributed by atoms with Gasteiger partial charge in [0.15, 0.2) is 5.60 Å². The van der Waals surface area contributed by atoms with Crippen LogP contribution in [-0.2, 0) is 30.4 Å². The van der Waals surface area contributed by atoms with Gasteiger partial charge in [0, 0.05) is 25.7 Å². The third-order valence-electron chi connectivity index (χ3n) is 8.12. The molecule has 6 atom stereocenters. The second-order valence-electron chi connectivity index (χ2n) is 10.8. The quantitative estimate of drug-likeness (QED) is 0.255. The normalized spacial score (nSPS) is 29.1. The molecular weight excluding hydrogens is 507 g/mol. The van der Waals surface area contributed by atoms with Crippen LogP contribution in [0.3, 0.4) is 0 Å². The molecule has 1 fully saturated rings. The van der Waals surface area contributed by atoms with Gasteiger partial charge in [-0.05, 0) is 22.3 Å². The van der Waals surface area contributed by atoms with Gasteiger partial charge in [-0.2, -0.15) is 0 Å². The number of rotatable bonds is 9. The second kappa shape index (κ2) is 11.6. The minimum Gasteiger partial charge on any atom is -0.390 e. The molecule has 0 amide bonds. The van der Waals surface area contributed by atoms with E-state index < -0.39 is 35.4 Å². The first-order chi connectivity index (χ1) is 19.2. The minimum atomic E-state index is -2.56. The highest BCUT2D eigenvalue weighted by Crippen LogP contribution is 2.50. The van der Waals surface area contributed by atoms with E-state index in [4.69, 9.17) is 4.74 Å². The van der Waals surface area contributed by atoms with E-state index >= 15 is 4.39 Å². The molecule has 0 aromatic heterocycles. The van der Waals surface area contributed by atoms with Crippen molar-refractivity contribution < 1.29 is 29.6 Å². The third-order valence-corrected chi connectivity index (χ3v) is 8.12. The molecule has 1 unspecified atom stereocenters. The van der Waals surface area contributed by atoms with Gasteiger partial charge in [-0.25, -0.2) is 4.39 Å². The topological polar surface area (TPSA) is 90.2 Å². The fourth-order valence-corrected chi connectivity index (χ4v) is 6.01. The fraction of sp³-hybridized carbons (Fsp3) is 0.294. The van der Waals surface area contributed by atoms with Gasteiger partial charge in [-0.3, -0.25) is 0 Å². The maximum Gasteiger partial charge on any atom is 0.231 e. The van der Waals surface area contributed by atoms with E-state index in [1.165, 1.54) is 0 Å². The van der Waals surface area contributed by atoms with E-state index in [0.717, 1.165) is 5.56 Å². The summed E-state index contributed by atoms with van der Waals surface area (Å²) in [5.41, 5.74) is -4.79. The number of aliphatic hydroxyl groups is 4. The summed E-state index contributed by atoms with van der Waals surface area (Å²) in [6.45, 7) is 0. The van der Waals surface area contributed by atoms with Crippen LogP contribution in [0.15, 0.2) is 121 Å². The average molecular weight is 543 g/mol. The molecule has 5 nitrogen and oxygen atoms in total. The molecule has 6 heteroatoms. The Morgan fingerprint density at radius 1 is 0.575 bits per heavy atom. The second-order valence-corrected chi connectivity index (χ2v) is 10.8. The molecule has 1 saturated heterocycles. The molecule has 208 valence electrons. The summed E-state index contributed by atoms with van der Waals surface area (Å²) in [7, 11) is 0. The van der Waals surface area contributed by atoms with Crippen LogP contribution < -0.4 is 0 Å². The predicted octanol–water partition coefficient (Wildman–Crippen LogP) is 4.21. The molecule has 0 bridgehead atoms. The summed E-state index contributed by atoms with van der Waals surface area (Å²) >= 11 is 0. The molecule has 1 aliphatic heterocycles. The lowest BCUT2D eigenvalue weighted by atomic mass is 9.59. The van der Waals surface area contributed by atoms with Crippen LogP contribution >= 0.6 is 0 Å².